The summed E-state index contributed by atoms with van der Waals surface area (Å²) in [5, 5.41) is 13.6. The molecule has 0 spiro atoms. The molecule has 2 unspecified atom stereocenters. The number of fused-ring (bicyclic) bond motifs is 1. The summed E-state index contributed by atoms with van der Waals surface area (Å²) in [6.07, 6.45) is 4.54. The Morgan fingerprint density at radius 3 is 2.62 bits per heavy atom. The van der Waals surface area contributed by atoms with Gasteiger partial charge in [0.25, 0.3) is 5.19 Å². The number of aromatic nitrogens is 1. The van der Waals surface area contributed by atoms with Crippen molar-refractivity contribution in [3.63, 3.8) is 0 Å². The van der Waals surface area contributed by atoms with Crippen LogP contribution < -0.4 is 14.8 Å². The standard InChI is InChI=1S/C26H31N3O4S/c30-25(31)18-11-15-29(19-9-13-27-14-10-19)20(17-18)12-16-32-21-5-7-22(8-6-21)33-26-28-23-3-1-2-4-24(23)34-26/h1-8,18-20,27H,9-17H2,(H,30,31). The van der Waals surface area contributed by atoms with Crippen molar-refractivity contribution in [1.82, 2.24) is 15.2 Å². The second-order valence-corrected chi connectivity index (χ2v) is 10.1. The highest BCUT2D eigenvalue weighted by molar-refractivity contribution is 7.20. The molecule has 5 rings (SSSR count). The van der Waals surface area contributed by atoms with E-state index in [1.807, 2.05) is 48.5 Å². The molecule has 3 heterocycles. The number of nitrogens with one attached hydrogen (secondary N) is 1. The van der Waals surface area contributed by atoms with Crippen LogP contribution in [0, 0.1) is 5.92 Å². The zero-order valence-electron chi connectivity index (χ0n) is 19.2. The van der Waals surface area contributed by atoms with E-state index >= 15 is 0 Å². The van der Waals surface area contributed by atoms with Crippen LogP contribution in [0.4, 0.5) is 0 Å². The number of ether oxygens (including phenoxy) is 2. The van der Waals surface area contributed by atoms with E-state index in [2.05, 4.69) is 15.2 Å². The number of hydrogen-bond donors (Lipinski definition) is 2. The molecule has 2 saturated heterocycles. The summed E-state index contributed by atoms with van der Waals surface area (Å²) in [6, 6.07) is 16.4. The minimum absolute atomic E-state index is 0.248. The summed E-state index contributed by atoms with van der Waals surface area (Å²) in [5.41, 5.74) is 0.939. The minimum atomic E-state index is -0.667. The normalized spacial score (nSPS) is 22.0. The Hall–Kier alpha value is -2.68. The largest absolute Gasteiger partial charge is 0.494 e. The van der Waals surface area contributed by atoms with Gasteiger partial charge in [-0.25, -0.2) is 4.98 Å². The summed E-state index contributed by atoms with van der Waals surface area (Å²) in [6.45, 7) is 3.51. The molecule has 2 aromatic carbocycles. The number of piperidine rings is 2. The van der Waals surface area contributed by atoms with Gasteiger partial charge in [-0.1, -0.05) is 23.5 Å². The Labute approximate surface area is 203 Å². The van der Waals surface area contributed by atoms with Gasteiger partial charge in [-0.2, -0.15) is 0 Å². The van der Waals surface area contributed by atoms with Gasteiger partial charge in [0.15, 0.2) is 0 Å². The average molecular weight is 482 g/mol. The summed E-state index contributed by atoms with van der Waals surface area (Å²) < 4.78 is 13.1. The van der Waals surface area contributed by atoms with E-state index < -0.39 is 5.97 Å². The second-order valence-electron chi connectivity index (χ2n) is 9.09. The van der Waals surface area contributed by atoms with Crippen LogP contribution in [0.25, 0.3) is 10.2 Å². The lowest BCUT2D eigenvalue weighted by Gasteiger charge is -2.44. The Balaban J connectivity index is 1.16. The quantitative estimate of drug-likeness (QED) is 0.479. The van der Waals surface area contributed by atoms with Crippen LogP contribution in [-0.2, 0) is 4.79 Å². The number of aliphatic carboxylic acids is 1. The van der Waals surface area contributed by atoms with Crippen molar-refractivity contribution in [1.29, 1.82) is 0 Å². The molecular weight excluding hydrogens is 450 g/mol. The van der Waals surface area contributed by atoms with E-state index in [4.69, 9.17) is 9.47 Å². The van der Waals surface area contributed by atoms with Crippen molar-refractivity contribution >= 4 is 27.5 Å². The van der Waals surface area contributed by atoms with Gasteiger partial charge in [-0.3, -0.25) is 9.69 Å². The summed E-state index contributed by atoms with van der Waals surface area (Å²) in [5.74, 6) is 0.595. The first kappa shape index (κ1) is 23.1. The van der Waals surface area contributed by atoms with Gasteiger partial charge in [0.05, 0.1) is 22.7 Å². The van der Waals surface area contributed by atoms with Crippen molar-refractivity contribution in [3.05, 3.63) is 48.5 Å². The number of carboxylic acid groups (broad SMARTS) is 1. The molecule has 2 atom stereocenters. The molecule has 0 amide bonds. The first-order valence-electron chi connectivity index (χ1n) is 12.1. The van der Waals surface area contributed by atoms with Crippen LogP contribution in [0.2, 0.25) is 0 Å². The number of carbonyl (C=O) groups is 1. The molecule has 0 aliphatic carbocycles. The van der Waals surface area contributed by atoms with Gasteiger partial charge in [0.1, 0.15) is 11.5 Å². The van der Waals surface area contributed by atoms with Crippen LogP contribution in [-0.4, -0.2) is 59.3 Å². The molecule has 180 valence electrons. The molecule has 0 bridgehead atoms. The average Bonchev–Trinajstić information content (AvgIpc) is 3.28. The highest BCUT2D eigenvalue weighted by Gasteiger charge is 2.35. The molecule has 2 fully saturated rings. The van der Waals surface area contributed by atoms with Gasteiger partial charge in [0, 0.05) is 12.1 Å². The lowest BCUT2D eigenvalue weighted by molar-refractivity contribution is -0.144. The van der Waals surface area contributed by atoms with Crippen molar-refractivity contribution in [3.8, 4) is 16.7 Å². The highest BCUT2D eigenvalue weighted by Crippen LogP contribution is 2.32. The van der Waals surface area contributed by atoms with Crippen LogP contribution in [0.15, 0.2) is 48.5 Å². The molecule has 2 aliphatic heterocycles. The Morgan fingerprint density at radius 1 is 1.09 bits per heavy atom. The molecule has 7 nitrogen and oxygen atoms in total. The molecule has 34 heavy (non-hydrogen) atoms. The van der Waals surface area contributed by atoms with E-state index in [0.29, 0.717) is 24.3 Å². The van der Waals surface area contributed by atoms with Crippen LogP contribution in [0.3, 0.4) is 0 Å². The molecule has 2 aliphatic rings. The molecule has 0 radical (unpaired) electrons. The molecule has 1 aromatic heterocycles. The zero-order valence-corrected chi connectivity index (χ0v) is 20.0. The number of hydrogen-bond acceptors (Lipinski definition) is 7. The number of likely N-dealkylation sites (tertiary alicyclic amines) is 1. The van der Waals surface area contributed by atoms with E-state index in [0.717, 1.165) is 67.0 Å². The van der Waals surface area contributed by atoms with Crippen molar-refractivity contribution in [2.75, 3.05) is 26.2 Å². The maximum absolute atomic E-state index is 11.6. The van der Waals surface area contributed by atoms with Crippen molar-refractivity contribution < 1.29 is 19.4 Å². The second kappa shape index (κ2) is 10.7. The lowest BCUT2D eigenvalue weighted by Crippen LogP contribution is -2.52. The van der Waals surface area contributed by atoms with Crippen LogP contribution in [0.1, 0.15) is 32.1 Å². The third kappa shape index (κ3) is 5.51. The maximum Gasteiger partial charge on any atom is 0.306 e. The van der Waals surface area contributed by atoms with E-state index in [1.165, 1.54) is 11.3 Å². The first-order valence-corrected chi connectivity index (χ1v) is 12.9. The number of rotatable bonds is 8. The van der Waals surface area contributed by atoms with Crippen LogP contribution in [0.5, 0.6) is 16.7 Å². The third-order valence-electron chi connectivity index (χ3n) is 6.91. The van der Waals surface area contributed by atoms with E-state index in [-0.39, 0.29) is 12.0 Å². The van der Waals surface area contributed by atoms with Gasteiger partial charge < -0.3 is 19.9 Å². The molecular formula is C26H31N3O4S. The SMILES string of the molecule is O=C(O)C1CCN(C2CCNCC2)C(CCOc2ccc(Oc3nc4ccccc4s3)cc2)C1. The molecule has 3 aromatic rings. The highest BCUT2D eigenvalue weighted by atomic mass is 32.1. The third-order valence-corrected chi connectivity index (χ3v) is 7.83. The number of carboxylic acids is 1. The predicted octanol–water partition coefficient (Wildman–Crippen LogP) is 4.77. The Morgan fingerprint density at radius 2 is 1.85 bits per heavy atom. The topological polar surface area (TPSA) is 83.9 Å². The molecule has 2 N–H and O–H groups in total. The molecule has 8 heteroatoms. The summed E-state index contributed by atoms with van der Waals surface area (Å²) >= 11 is 1.52. The minimum Gasteiger partial charge on any atom is -0.494 e. The number of benzene rings is 2. The van der Waals surface area contributed by atoms with Crippen LogP contribution >= 0.6 is 11.3 Å². The number of thiazole rings is 1. The zero-order chi connectivity index (χ0) is 23.3. The van der Waals surface area contributed by atoms with Gasteiger partial charge in [-0.05, 0) is 88.1 Å². The van der Waals surface area contributed by atoms with Crippen molar-refractivity contribution in [2.45, 2.75) is 44.2 Å². The fourth-order valence-corrected chi connectivity index (χ4v) is 5.94. The monoisotopic (exact) mass is 481 g/mol. The predicted molar refractivity (Wildman–Crippen MR) is 133 cm³/mol. The fourth-order valence-electron chi connectivity index (χ4n) is 5.11. The van der Waals surface area contributed by atoms with E-state index in [9.17, 15) is 9.90 Å². The maximum atomic E-state index is 11.6. The van der Waals surface area contributed by atoms with Gasteiger partial charge in [-0.15, -0.1) is 0 Å². The summed E-state index contributed by atoms with van der Waals surface area (Å²) in [7, 11) is 0. The van der Waals surface area contributed by atoms with Gasteiger partial charge in [0.2, 0.25) is 0 Å². The van der Waals surface area contributed by atoms with E-state index in [1.54, 1.807) is 0 Å². The lowest BCUT2D eigenvalue weighted by atomic mass is 9.87. The number of para-hydroxylation sites is 1. The molecule has 0 saturated carbocycles. The van der Waals surface area contributed by atoms with Crippen molar-refractivity contribution in [2.24, 2.45) is 5.92 Å². The summed E-state index contributed by atoms with van der Waals surface area (Å²) in [4.78, 5) is 18.7. The van der Waals surface area contributed by atoms with Gasteiger partial charge >= 0.3 is 5.97 Å². The Bertz CT molecular complexity index is 1060. The number of nitrogens with zero attached hydrogens (tertiary/aromatic N) is 2. The Kier molecular flexibility index (Phi) is 7.27. The smallest absolute Gasteiger partial charge is 0.306 e. The first-order chi connectivity index (χ1) is 16.7. The fraction of sp³-hybridized carbons (Fsp3) is 0.462.